The number of nitrogens with zero attached hydrogens (tertiary/aromatic N) is 6. The van der Waals surface area contributed by atoms with E-state index in [-0.39, 0.29) is 0 Å². The van der Waals surface area contributed by atoms with E-state index in [0.29, 0.717) is 22.5 Å². The largest absolute Gasteiger partial charge is 0.334 e. The van der Waals surface area contributed by atoms with Crippen molar-refractivity contribution in [2.24, 2.45) is 7.05 Å². The second kappa shape index (κ2) is 6.21. The predicted octanol–water partition coefficient (Wildman–Crippen LogP) is 3.36. The maximum atomic E-state index is 6.15. The summed E-state index contributed by atoms with van der Waals surface area (Å²) in [4.78, 5) is 12.9. The van der Waals surface area contributed by atoms with Crippen LogP contribution in [0, 0.1) is 0 Å². The van der Waals surface area contributed by atoms with E-state index in [4.69, 9.17) is 16.1 Å². The zero-order chi connectivity index (χ0) is 16.5. The van der Waals surface area contributed by atoms with Crippen LogP contribution in [0.5, 0.6) is 0 Å². The number of fused-ring (bicyclic) bond motifs is 1. The van der Waals surface area contributed by atoms with Crippen LogP contribution in [-0.4, -0.2) is 29.9 Å². The Morgan fingerprint density at radius 3 is 3.00 bits per heavy atom. The number of hydrogen-bond donors (Lipinski definition) is 0. The lowest BCUT2D eigenvalue weighted by molar-refractivity contribution is 0.425. The second-order valence-corrected chi connectivity index (χ2v) is 6.34. The topological polar surface area (TPSA) is 82.5 Å². The summed E-state index contributed by atoms with van der Waals surface area (Å²) in [5.74, 6) is 1.51. The molecule has 0 unspecified atom stereocenters. The maximum absolute atomic E-state index is 6.15. The van der Waals surface area contributed by atoms with Crippen molar-refractivity contribution in [2.75, 3.05) is 0 Å². The van der Waals surface area contributed by atoms with Gasteiger partial charge in [0.1, 0.15) is 11.4 Å². The van der Waals surface area contributed by atoms with E-state index < -0.39 is 0 Å². The molecule has 9 heteroatoms. The van der Waals surface area contributed by atoms with Gasteiger partial charge in [0.25, 0.3) is 5.89 Å². The summed E-state index contributed by atoms with van der Waals surface area (Å²) in [5.41, 5.74) is 1.51. The van der Waals surface area contributed by atoms with Gasteiger partial charge in [0.05, 0.1) is 27.9 Å². The Labute approximate surface area is 146 Å². The SMILES string of the molecule is Cn1ncc2c(SCc3noc(-c4ccccc4Cl)n3)ncnc21. The maximum Gasteiger partial charge on any atom is 0.259 e. The van der Waals surface area contributed by atoms with Crippen LogP contribution in [0.15, 0.2) is 46.3 Å². The summed E-state index contributed by atoms with van der Waals surface area (Å²) < 4.78 is 7.02. The minimum absolute atomic E-state index is 0.408. The van der Waals surface area contributed by atoms with Crippen LogP contribution in [0.3, 0.4) is 0 Å². The molecule has 0 aliphatic rings. The lowest BCUT2D eigenvalue weighted by atomic mass is 10.2. The fraction of sp³-hybridized carbons (Fsp3) is 0.133. The molecule has 0 bridgehead atoms. The van der Waals surface area contributed by atoms with Gasteiger partial charge in [-0.15, -0.1) is 0 Å². The third-order valence-electron chi connectivity index (χ3n) is 3.40. The first-order valence-corrected chi connectivity index (χ1v) is 8.42. The summed E-state index contributed by atoms with van der Waals surface area (Å²) in [6, 6.07) is 7.36. The summed E-state index contributed by atoms with van der Waals surface area (Å²) in [5, 5.41) is 10.5. The van der Waals surface area contributed by atoms with Crippen LogP contribution in [-0.2, 0) is 12.8 Å². The lowest BCUT2D eigenvalue weighted by Gasteiger charge is -1.99. The van der Waals surface area contributed by atoms with Crippen molar-refractivity contribution in [1.82, 2.24) is 29.9 Å². The van der Waals surface area contributed by atoms with E-state index in [9.17, 15) is 0 Å². The van der Waals surface area contributed by atoms with E-state index in [1.807, 2.05) is 25.2 Å². The van der Waals surface area contributed by atoms with Crippen LogP contribution in [0.1, 0.15) is 5.82 Å². The highest BCUT2D eigenvalue weighted by Crippen LogP contribution is 2.29. The summed E-state index contributed by atoms with van der Waals surface area (Å²) in [7, 11) is 1.85. The number of hydrogen-bond acceptors (Lipinski definition) is 7. The van der Waals surface area contributed by atoms with Crippen molar-refractivity contribution >= 4 is 34.4 Å². The van der Waals surface area contributed by atoms with Gasteiger partial charge < -0.3 is 4.52 Å². The fourth-order valence-corrected chi connectivity index (χ4v) is 3.27. The van der Waals surface area contributed by atoms with Gasteiger partial charge in [-0.2, -0.15) is 10.1 Å². The molecule has 0 saturated heterocycles. The Kier molecular flexibility index (Phi) is 3.91. The average molecular weight is 359 g/mol. The minimum Gasteiger partial charge on any atom is -0.334 e. The molecular formula is C15H11ClN6OS. The highest BCUT2D eigenvalue weighted by Gasteiger charge is 2.14. The van der Waals surface area contributed by atoms with Gasteiger partial charge in [-0.1, -0.05) is 40.7 Å². The lowest BCUT2D eigenvalue weighted by Crippen LogP contribution is -1.93. The molecule has 0 amide bonds. The van der Waals surface area contributed by atoms with Crippen molar-refractivity contribution in [3.63, 3.8) is 0 Å². The quantitative estimate of drug-likeness (QED) is 0.408. The first-order chi connectivity index (χ1) is 11.7. The van der Waals surface area contributed by atoms with Gasteiger partial charge in [-0.05, 0) is 12.1 Å². The molecule has 0 atom stereocenters. The van der Waals surface area contributed by atoms with Crippen LogP contribution in [0.4, 0.5) is 0 Å². The van der Waals surface area contributed by atoms with Gasteiger partial charge in [-0.3, -0.25) is 4.68 Å². The highest BCUT2D eigenvalue weighted by molar-refractivity contribution is 7.98. The smallest absolute Gasteiger partial charge is 0.259 e. The molecule has 0 spiro atoms. The molecule has 0 N–H and O–H groups in total. The molecule has 3 heterocycles. The summed E-state index contributed by atoms with van der Waals surface area (Å²) in [6.07, 6.45) is 3.28. The van der Waals surface area contributed by atoms with Gasteiger partial charge in [0, 0.05) is 7.05 Å². The van der Waals surface area contributed by atoms with Gasteiger partial charge in [0.2, 0.25) is 0 Å². The number of rotatable bonds is 4. The fourth-order valence-electron chi connectivity index (χ4n) is 2.25. The molecule has 24 heavy (non-hydrogen) atoms. The van der Waals surface area contributed by atoms with Crippen LogP contribution in [0.2, 0.25) is 5.02 Å². The van der Waals surface area contributed by atoms with Gasteiger partial charge in [-0.25, -0.2) is 9.97 Å². The van der Waals surface area contributed by atoms with E-state index in [1.165, 1.54) is 18.1 Å². The van der Waals surface area contributed by atoms with E-state index >= 15 is 0 Å². The summed E-state index contributed by atoms with van der Waals surface area (Å²) >= 11 is 7.66. The Morgan fingerprint density at radius 2 is 2.12 bits per heavy atom. The molecule has 0 radical (unpaired) electrons. The molecule has 1 aromatic carbocycles. The third kappa shape index (κ3) is 2.74. The number of thioether (sulfide) groups is 1. The number of aromatic nitrogens is 6. The Balaban J connectivity index is 1.55. The zero-order valence-corrected chi connectivity index (χ0v) is 14.1. The standard InChI is InChI=1S/C15H11ClN6OS/c1-22-13-10(6-19-22)15(18-8-17-13)24-7-12-20-14(23-21-12)9-4-2-3-5-11(9)16/h2-6,8H,7H2,1H3. The molecular weight excluding hydrogens is 348 g/mol. The Morgan fingerprint density at radius 1 is 1.25 bits per heavy atom. The monoisotopic (exact) mass is 358 g/mol. The van der Waals surface area contributed by atoms with E-state index in [0.717, 1.165) is 21.6 Å². The van der Waals surface area contributed by atoms with Crippen molar-refractivity contribution in [3.8, 4) is 11.5 Å². The van der Waals surface area contributed by atoms with Crippen molar-refractivity contribution in [2.45, 2.75) is 10.8 Å². The molecule has 0 aliphatic carbocycles. The number of benzene rings is 1. The highest BCUT2D eigenvalue weighted by atomic mass is 35.5. The van der Waals surface area contributed by atoms with Gasteiger partial charge >= 0.3 is 0 Å². The molecule has 0 fully saturated rings. The van der Waals surface area contributed by atoms with E-state index in [2.05, 4.69) is 25.2 Å². The molecule has 4 rings (SSSR count). The first-order valence-electron chi connectivity index (χ1n) is 7.05. The number of aryl methyl sites for hydroxylation is 1. The van der Waals surface area contributed by atoms with E-state index in [1.54, 1.807) is 16.9 Å². The van der Waals surface area contributed by atoms with Crippen LogP contribution >= 0.6 is 23.4 Å². The first kappa shape index (κ1) is 15.1. The molecule has 0 saturated carbocycles. The van der Waals surface area contributed by atoms with Gasteiger partial charge in [0.15, 0.2) is 11.5 Å². The predicted molar refractivity (Wildman–Crippen MR) is 90.6 cm³/mol. The normalized spacial score (nSPS) is 11.2. The Bertz CT molecular complexity index is 1010. The zero-order valence-electron chi connectivity index (χ0n) is 12.5. The molecule has 7 nitrogen and oxygen atoms in total. The molecule has 3 aromatic heterocycles. The third-order valence-corrected chi connectivity index (χ3v) is 4.73. The van der Waals surface area contributed by atoms with Crippen molar-refractivity contribution in [3.05, 3.63) is 47.6 Å². The van der Waals surface area contributed by atoms with Crippen LogP contribution in [0.25, 0.3) is 22.5 Å². The Hall–Kier alpha value is -2.45. The average Bonchev–Trinajstić information content (AvgIpc) is 3.21. The molecule has 4 aromatic rings. The van der Waals surface area contributed by atoms with Crippen molar-refractivity contribution in [1.29, 1.82) is 0 Å². The number of halogens is 1. The molecule has 120 valence electrons. The second-order valence-electron chi connectivity index (χ2n) is 4.97. The molecule has 0 aliphatic heterocycles. The van der Waals surface area contributed by atoms with Crippen molar-refractivity contribution < 1.29 is 4.52 Å². The summed E-state index contributed by atoms with van der Waals surface area (Å²) in [6.45, 7) is 0. The van der Waals surface area contributed by atoms with Crippen LogP contribution < -0.4 is 0 Å². The minimum atomic E-state index is 0.408.